The Kier molecular flexibility index (Phi) is 7.23. The number of anilines is 2. The van der Waals surface area contributed by atoms with E-state index in [1.807, 2.05) is 60.7 Å². The fraction of sp³-hybridized carbons (Fsp3) is 0.158. The highest BCUT2D eigenvalue weighted by Gasteiger charge is 2.08. The number of carbonyl (C=O) groups is 1. The molecule has 28 heavy (non-hydrogen) atoms. The van der Waals surface area contributed by atoms with Crippen molar-refractivity contribution in [2.24, 2.45) is 0 Å². The fourth-order valence-electron chi connectivity index (χ4n) is 2.11. The summed E-state index contributed by atoms with van der Waals surface area (Å²) in [5.74, 6) is 1.64. The molecule has 3 rings (SSSR count). The van der Waals surface area contributed by atoms with Crippen LogP contribution in [-0.4, -0.2) is 28.4 Å². The van der Waals surface area contributed by atoms with Gasteiger partial charge in [-0.05, 0) is 36.4 Å². The van der Waals surface area contributed by atoms with Gasteiger partial charge in [0.05, 0.1) is 18.2 Å². The summed E-state index contributed by atoms with van der Waals surface area (Å²) in [6.45, 7) is 0.364. The van der Waals surface area contributed by atoms with Crippen LogP contribution in [0, 0.1) is 11.3 Å². The lowest BCUT2D eigenvalue weighted by molar-refractivity contribution is -0.118. The van der Waals surface area contributed by atoms with Crippen molar-refractivity contribution < 1.29 is 9.53 Å². The van der Waals surface area contributed by atoms with Crippen LogP contribution in [0.5, 0.6) is 11.5 Å². The Morgan fingerprint density at radius 1 is 1.11 bits per heavy atom. The van der Waals surface area contributed by atoms with Crippen molar-refractivity contribution in [3.63, 3.8) is 0 Å². The zero-order valence-electron chi connectivity index (χ0n) is 14.8. The Morgan fingerprint density at radius 2 is 1.86 bits per heavy atom. The third-order valence-electron chi connectivity index (χ3n) is 3.38. The van der Waals surface area contributed by atoms with Crippen LogP contribution in [0.1, 0.15) is 6.42 Å². The summed E-state index contributed by atoms with van der Waals surface area (Å²) in [5, 5.41) is 23.1. The quantitative estimate of drug-likeness (QED) is 0.402. The van der Waals surface area contributed by atoms with Crippen LogP contribution in [0.15, 0.2) is 58.9 Å². The van der Waals surface area contributed by atoms with Crippen molar-refractivity contribution in [3.05, 3.63) is 54.6 Å². The number of aromatic nitrogens is 2. The van der Waals surface area contributed by atoms with Crippen LogP contribution in [0.4, 0.5) is 10.8 Å². The number of rotatable bonds is 9. The molecule has 1 heterocycles. The van der Waals surface area contributed by atoms with E-state index in [4.69, 9.17) is 10.00 Å². The lowest BCUT2D eigenvalue weighted by atomic mass is 10.3. The standard InChI is InChI=1S/C19H17N5O2S2/c20-11-4-12-21-17(25)13-27-19-24-23-18(28-19)22-14-7-9-16(10-8-14)26-15-5-2-1-3-6-15/h1-3,5-10H,4,12-13H2,(H,21,25)(H,22,23). The minimum absolute atomic E-state index is 0.126. The third kappa shape index (κ3) is 6.26. The molecule has 0 fully saturated rings. The molecular formula is C19H17N5O2S2. The lowest BCUT2D eigenvalue weighted by Crippen LogP contribution is -2.25. The van der Waals surface area contributed by atoms with Gasteiger partial charge < -0.3 is 15.4 Å². The number of nitrogens with zero attached hydrogens (tertiary/aromatic N) is 3. The molecule has 142 valence electrons. The molecular weight excluding hydrogens is 394 g/mol. The van der Waals surface area contributed by atoms with Gasteiger partial charge in [-0.3, -0.25) is 4.79 Å². The average Bonchev–Trinajstić information content (AvgIpc) is 3.16. The zero-order valence-corrected chi connectivity index (χ0v) is 16.4. The van der Waals surface area contributed by atoms with Crippen molar-refractivity contribution >= 4 is 39.8 Å². The number of amides is 1. The van der Waals surface area contributed by atoms with Crippen molar-refractivity contribution in [1.82, 2.24) is 15.5 Å². The number of nitrogens with one attached hydrogen (secondary N) is 2. The van der Waals surface area contributed by atoms with Crippen molar-refractivity contribution in [2.75, 3.05) is 17.6 Å². The van der Waals surface area contributed by atoms with Crippen LogP contribution < -0.4 is 15.4 Å². The number of para-hydroxylation sites is 1. The summed E-state index contributed by atoms with van der Waals surface area (Å²) in [5.41, 5.74) is 0.863. The number of ether oxygens (including phenoxy) is 1. The molecule has 0 radical (unpaired) electrons. The van der Waals surface area contributed by atoms with E-state index in [2.05, 4.69) is 20.8 Å². The van der Waals surface area contributed by atoms with E-state index in [9.17, 15) is 4.79 Å². The number of hydrogen-bond acceptors (Lipinski definition) is 8. The van der Waals surface area contributed by atoms with Crippen LogP contribution >= 0.6 is 23.1 Å². The molecule has 0 spiro atoms. The predicted molar refractivity (Wildman–Crippen MR) is 110 cm³/mol. The molecule has 2 N–H and O–H groups in total. The second-order valence-corrected chi connectivity index (χ2v) is 7.68. The smallest absolute Gasteiger partial charge is 0.230 e. The molecule has 0 saturated heterocycles. The topological polar surface area (TPSA) is 99.9 Å². The summed E-state index contributed by atoms with van der Waals surface area (Å²) in [7, 11) is 0. The number of hydrogen-bond donors (Lipinski definition) is 2. The zero-order chi connectivity index (χ0) is 19.6. The highest BCUT2D eigenvalue weighted by Crippen LogP contribution is 2.29. The summed E-state index contributed by atoms with van der Waals surface area (Å²) in [4.78, 5) is 11.6. The first-order chi connectivity index (χ1) is 13.7. The maximum Gasteiger partial charge on any atom is 0.230 e. The molecule has 0 aliphatic heterocycles. The van der Waals surface area contributed by atoms with E-state index in [0.29, 0.717) is 22.4 Å². The summed E-state index contributed by atoms with van der Waals surface area (Å²) in [6, 6.07) is 19.1. The van der Waals surface area contributed by atoms with Crippen LogP contribution in [0.3, 0.4) is 0 Å². The fourth-order valence-corrected chi connectivity index (χ4v) is 3.71. The highest BCUT2D eigenvalue weighted by atomic mass is 32.2. The third-order valence-corrected chi connectivity index (χ3v) is 5.35. The normalized spacial score (nSPS) is 10.1. The monoisotopic (exact) mass is 411 g/mol. The van der Waals surface area contributed by atoms with Crippen LogP contribution in [-0.2, 0) is 4.79 Å². The Labute approximate surface area is 170 Å². The number of thioether (sulfide) groups is 1. The molecule has 0 atom stereocenters. The molecule has 3 aromatic rings. The van der Waals surface area contributed by atoms with Gasteiger partial charge in [0, 0.05) is 12.2 Å². The van der Waals surface area contributed by atoms with E-state index in [0.717, 1.165) is 17.2 Å². The van der Waals surface area contributed by atoms with Crippen LogP contribution in [0.25, 0.3) is 0 Å². The first-order valence-electron chi connectivity index (χ1n) is 8.43. The van der Waals surface area contributed by atoms with Gasteiger partial charge in [-0.15, -0.1) is 10.2 Å². The van der Waals surface area contributed by atoms with Gasteiger partial charge in [-0.1, -0.05) is 41.3 Å². The minimum atomic E-state index is -0.126. The van der Waals surface area contributed by atoms with Crippen molar-refractivity contribution in [3.8, 4) is 17.6 Å². The molecule has 7 nitrogen and oxygen atoms in total. The van der Waals surface area contributed by atoms with E-state index < -0.39 is 0 Å². The number of nitriles is 1. The molecule has 9 heteroatoms. The molecule has 1 amide bonds. The summed E-state index contributed by atoms with van der Waals surface area (Å²) < 4.78 is 6.46. The minimum Gasteiger partial charge on any atom is -0.457 e. The maximum absolute atomic E-state index is 11.6. The van der Waals surface area contributed by atoms with Crippen molar-refractivity contribution in [1.29, 1.82) is 5.26 Å². The maximum atomic E-state index is 11.6. The first kappa shape index (κ1) is 19.7. The average molecular weight is 412 g/mol. The van der Waals surface area contributed by atoms with Crippen LogP contribution in [0.2, 0.25) is 0 Å². The SMILES string of the molecule is N#CCCNC(=O)CSc1nnc(Nc2ccc(Oc3ccccc3)cc2)s1. The molecule has 0 unspecified atom stereocenters. The van der Waals surface area contributed by atoms with E-state index >= 15 is 0 Å². The molecule has 0 saturated carbocycles. The Hall–Kier alpha value is -3.09. The molecule has 0 aliphatic carbocycles. The van der Waals surface area contributed by atoms with Gasteiger partial charge in [0.1, 0.15) is 11.5 Å². The van der Waals surface area contributed by atoms with Gasteiger partial charge >= 0.3 is 0 Å². The molecule has 2 aromatic carbocycles. The van der Waals surface area contributed by atoms with E-state index in [1.165, 1.54) is 23.1 Å². The second-order valence-electron chi connectivity index (χ2n) is 5.48. The van der Waals surface area contributed by atoms with Gasteiger partial charge in [0.25, 0.3) is 0 Å². The Bertz CT molecular complexity index is 939. The molecule has 0 bridgehead atoms. The van der Waals surface area contributed by atoms with E-state index in [1.54, 1.807) is 0 Å². The van der Waals surface area contributed by atoms with Gasteiger partial charge in [0.2, 0.25) is 11.0 Å². The summed E-state index contributed by atoms with van der Waals surface area (Å²) >= 11 is 2.68. The van der Waals surface area contributed by atoms with Gasteiger partial charge in [-0.25, -0.2) is 0 Å². The summed E-state index contributed by atoms with van der Waals surface area (Å²) in [6.07, 6.45) is 0.304. The molecule has 1 aromatic heterocycles. The molecule has 0 aliphatic rings. The Balaban J connectivity index is 1.48. The first-order valence-corrected chi connectivity index (χ1v) is 10.2. The second kappa shape index (κ2) is 10.3. The lowest BCUT2D eigenvalue weighted by Gasteiger charge is -2.06. The highest BCUT2D eigenvalue weighted by molar-refractivity contribution is 8.01. The van der Waals surface area contributed by atoms with E-state index in [-0.39, 0.29) is 11.7 Å². The van der Waals surface area contributed by atoms with Gasteiger partial charge in [0.15, 0.2) is 4.34 Å². The number of carbonyl (C=O) groups excluding carboxylic acids is 1. The van der Waals surface area contributed by atoms with Crippen molar-refractivity contribution in [2.45, 2.75) is 10.8 Å². The van der Waals surface area contributed by atoms with Gasteiger partial charge in [-0.2, -0.15) is 5.26 Å². The largest absolute Gasteiger partial charge is 0.457 e. The Morgan fingerprint density at radius 3 is 2.61 bits per heavy atom. The predicted octanol–water partition coefficient (Wildman–Crippen LogP) is 4.20. The number of benzene rings is 2.